The van der Waals surface area contributed by atoms with Crippen molar-refractivity contribution in [1.82, 2.24) is 19.7 Å². The molecule has 1 unspecified atom stereocenters. The number of rotatable bonds is 5. The van der Waals surface area contributed by atoms with E-state index >= 15 is 0 Å². The zero-order valence-electron chi connectivity index (χ0n) is 13.6. The van der Waals surface area contributed by atoms with Crippen molar-refractivity contribution in [2.45, 2.75) is 26.4 Å². The van der Waals surface area contributed by atoms with Gasteiger partial charge in [0.15, 0.2) is 0 Å². The fraction of sp³-hybridized carbons (Fsp3) is 0.222. The van der Waals surface area contributed by atoms with Crippen LogP contribution in [0.1, 0.15) is 24.2 Å². The highest BCUT2D eigenvalue weighted by Crippen LogP contribution is 2.17. The van der Waals surface area contributed by atoms with Gasteiger partial charge in [0.25, 0.3) is 0 Å². The van der Waals surface area contributed by atoms with E-state index in [1.54, 1.807) is 10.9 Å². The molecule has 124 valence electrons. The predicted octanol–water partition coefficient (Wildman–Crippen LogP) is 3.51. The molecular weight excluding hydrogens is 324 g/mol. The molecular formula is C18H19ClN4O. The Morgan fingerprint density at radius 3 is 2.71 bits per heavy atom. The normalized spacial score (nSPS) is 12.1. The van der Waals surface area contributed by atoms with Crippen LogP contribution in [0.15, 0.2) is 55.0 Å². The molecule has 2 heterocycles. The molecule has 1 atom stereocenters. The Hall–Kier alpha value is -2.53. The molecule has 3 aromatic rings. The van der Waals surface area contributed by atoms with Gasteiger partial charge in [-0.2, -0.15) is 5.10 Å². The molecule has 0 saturated heterocycles. The Labute approximate surface area is 145 Å². The standard InChI is InChI=1S/C18H19ClN4O/c1-13(21-18(24)12-23-14(2)17(19)11-20-23)15-6-5-7-16(10-15)22-8-3-4-9-22/h3-11,13H,12H2,1-2H3,(H,21,24). The molecule has 1 N–H and O–H groups in total. The van der Waals surface area contributed by atoms with Gasteiger partial charge in [-0.3, -0.25) is 9.48 Å². The number of benzene rings is 1. The van der Waals surface area contributed by atoms with Crippen molar-refractivity contribution in [3.05, 3.63) is 71.3 Å². The van der Waals surface area contributed by atoms with Crippen molar-refractivity contribution in [2.75, 3.05) is 0 Å². The van der Waals surface area contributed by atoms with Crippen molar-refractivity contribution < 1.29 is 4.79 Å². The first-order valence-corrected chi connectivity index (χ1v) is 8.13. The fourth-order valence-corrected chi connectivity index (χ4v) is 2.69. The van der Waals surface area contributed by atoms with Gasteiger partial charge in [0, 0.05) is 18.1 Å². The topological polar surface area (TPSA) is 51.9 Å². The van der Waals surface area contributed by atoms with E-state index in [0.717, 1.165) is 16.9 Å². The van der Waals surface area contributed by atoms with Gasteiger partial charge in [0.1, 0.15) is 6.54 Å². The zero-order chi connectivity index (χ0) is 17.1. The van der Waals surface area contributed by atoms with Gasteiger partial charge in [-0.1, -0.05) is 23.7 Å². The molecule has 24 heavy (non-hydrogen) atoms. The van der Waals surface area contributed by atoms with Crippen LogP contribution in [-0.4, -0.2) is 20.3 Å². The lowest BCUT2D eigenvalue weighted by atomic mass is 10.1. The molecule has 0 fully saturated rings. The van der Waals surface area contributed by atoms with Gasteiger partial charge < -0.3 is 9.88 Å². The zero-order valence-corrected chi connectivity index (χ0v) is 14.4. The Bertz CT molecular complexity index is 839. The van der Waals surface area contributed by atoms with E-state index in [0.29, 0.717) is 5.02 Å². The Morgan fingerprint density at radius 1 is 1.29 bits per heavy atom. The first-order chi connectivity index (χ1) is 11.5. The number of aromatic nitrogens is 3. The summed E-state index contributed by atoms with van der Waals surface area (Å²) in [6.07, 6.45) is 5.54. The SMILES string of the molecule is Cc1c(Cl)cnn1CC(=O)NC(C)c1cccc(-n2cccc2)c1. The lowest BCUT2D eigenvalue weighted by Crippen LogP contribution is -2.30. The second kappa shape index (κ2) is 6.93. The van der Waals surface area contributed by atoms with Gasteiger partial charge in [0.2, 0.25) is 5.91 Å². The minimum atomic E-state index is -0.100. The third-order valence-corrected chi connectivity index (χ3v) is 4.36. The number of halogens is 1. The summed E-state index contributed by atoms with van der Waals surface area (Å²) in [5.41, 5.74) is 2.90. The monoisotopic (exact) mass is 342 g/mol. The van der Waals surface area contributed by atoms with Crippen LogP contribution in [0.2, 0.25) is 5.02 Å². The van der Waals surface area contributed by atoms with Gasteiger partial charge in [-0.25, -0.2) is 0 Å². The lowest BCUT2D eigenvalue weighted by Gasteiger charge is -2.16. The van der Waals surface area contributed by atoms with Crippen LogP contribution in [0.25, 0.3) is 5.69 Å². The lowest BCUT2D eigenvalue weighted by molar-refractivity contribution is -0.122. The highest BCUT2D eigenvalue weighted by Gasteiger charge is 2.13. The third-order valence-electron chi connectivity index (χ3n) is 3.99. The summed E-state index contributed by atoms with van der Waals surface area (Å²) in [4.78, 5) is 12.3. The van der Waals surface area contributed by atoms with E-state index in [4.69, 9.17) is 11.6 Å². The Morgan fingerprint density at radius 2 is 2.04 bits per heavy atom. The molecule has 0 saturated carbocycles. The maximum absolute atomic E-state index is 12.3. The molecule has 0 spiro atoms. The minimum absolute atomic E-state index is 0.0978. The average Bonchev–Trinajstić information content (AvgIpc) is 3.21. The number of carbonyl (C=O) groups is 1. The molecule has 0 aliphatic heterocycles. The molecule has 0 bridgehead atoms. The van der Waals surface area contributed by atoms with Gasteiger partial charge in [0.05, 0.1) is 23.0 Å². The summed E-state index contributed by atoms with van der Waals surface area (Å²) in [5.74, 6) is -0.100. The van der Waals surface area contributed by atoms with E-state index in [1.807, 2.05) is 61.1 Å². The molecule has 6 heteroatoms. The number of hydrogen-bond donors (Lipinski definition) is 1. The summed E-state index contributed by atoms with van der Waals surface area (Å²) in [5, 5.41) is 7.67. The highest BCUT2D eigenvalue weighted by atomic mass is 35.5. The van der Waals surface area contributed by atoms with E-state index in [-0.39, 0.29) is 18.5 Å². The maximum atomic E-state index is 12.3. The Balaban J connectivity index is 1.68. The summed E-state index contributed by atoms with van der Waals surface area (Å²) in [6, 6.07) is 12.0. The van der Waals surface area contributed by atoms with Crippen LogP contribution in [0.3, 0.4) is 0 Å². The molecule has 0 radical (unpaired) electrons. The highest BCUT2D eigenvalue weighted by molar-refractivity contribution is 6.31. The van der Waals surface area contributed by atoms with Crippen LogP contribution in [0.5, 0.6) is 0 Å². The fourth-order valence-electron chi connectivity index (χ4n) is 2.55. The van der Waals surface area contributed by atoms with Crippen LogP contribution >= 0.6 is 11.6 Å². The number of nitrogens with one attached hydrogen (secondary N) is 1. The van der Waals surface area contributed by atoms with Gasteiger partial charge >= 0.3 is 0 Å². The van der Waals surface area contributed by atoms with Crippen LogP contribution in [0, 0.1) is 6.92 Å². The van der Waals surface area contributed by atoms with Gasteiger partial charge in [-0.15, -0.1) is 0 Å². The molecule has 2 aromatic heterocycles. The number of hydrogen-bond acceptors (Lipinski definition) is 2. The van der Waals surface area contributed by atoms with Crippen molar-refractivity contribution >= 4 is 17.5 Å². The van der Waals surface area contributed by atoms with Crippen molar-refractivity contribution in [3.63, 3.8) is 0 Å². The molecule has 3 rings (SSSR count). The largest absolute Gasteiger partial charge is 0.348 e. The number of carbonyl (C=O) groups excluding carboxylic acids is 1. The molecule has 0 aliphatic carbocycles. The third kappa shape index (κ3) is 3.51. The Kier molecular flexibility index (Phi) is 4.71. The molecule has 5 nitrogen and oxygen atoms in total. The number of amides is 1. The minimum Gasteiger partial charge on any atom is -0.348 e. The molecule has 1 amide bonds. The molecule has 0 aliphatic rings. The summed E-state index contributed by atoms with van der Waals surface area (Å²) in [7, 11) is 0. The summed E-state index contributed by atoms with van der Waals surface area (Å²) >= 11 is 5.96. The van der Waals surface area contributed by atoms with E-state index < -0.39 is 0 Å². The number of nitrogens with zero attached hydrogens (tertiary/aromatic N) is 3. The van der Waals surface area contributed by atoms with Gasteiger partial charge in [-0.05, 0) is 43.7 Å². The second-order valence-corrected chi connectivity index (χ2v) is 6.12. The smallest absolute Gasteiger partial charge is 0.242 e. The maximum Gasteiger partial charge on any atom is 0.242 e. The first kappa shape index (κ1) is 16.3. The van der Waals surface area contributed by atoms with Crippen molar-refractivity contribution in [3.8, 4) is 5.69 Å². The summed E-state index contributed by atoms with van der Waals surface area (Å²) < 4.78 is 3.63. The first-order valence-electron chi connectivity index (χ1n) is 7.75. The molecule has 1 aromatic carbocycles. The second-order valence-electron chi connectivity index (χ2n) is 5.71. The van der Waals surface area contributed by atoms with Crippen molar-refractivity contribution in [1.29, 1.82) is 0 Å². The van der Waals surface area contributed by atoms with Crippen molar-refractivity contribution in [2.24, 2.45) is 0 Å². The van der Waals surface area contributed by atoms with Crippen LogP contribution < -0.4 is 5.32 Å². The van der Waals surface area contributed by atoms with E-state index in [9.17, 15) is 4.79 Å². The van der Waals surface area contributed by atoms with Crippen LogP contribution in [0.4, 0.5) is 0 Å². The predicted molar refractivity (Wildman–Crippen MR) is 94.3 cm³/mol. The quantitative estimate of drug-likeness (QED) is 0.771. The van der Waals surface area contributed by atoms with E-state index in [2.05, 4.69) is 16.5 Å². The average molecular weight is 343 g/mol. The van der Waals surface area contributed by atoms with Crippen LogP contribution in [-0.2, 0) is 11.3 Å². The summed E-state index contributed by atoms with van der Waals surface area (Å²) in [6.45, 7) is 3.96. The van der Waals surface area contributed by atoms with E-state index in [1.165, 1.54) is 0 Å².